The summed E-state index contributed by atoms with van der Waals surface area (Å²) >= 11 is 3.35. The van der Waals surface area contributed by atoms with Crippen LogP contribution in [0, 0.1) is 0 Å². The second-order valence-electron chi connectivity index (χ2n) is 2.99. The molecule has 1 rings (SSSR count). The minimum absolute atomic E-state index is 0.309. The largest absolute Gasteiger partial charge is 0.492 e. The average molecular weight is 273 g/mol. The van der Waals surface area contributed by atoms with E-state index in [0.717, 1.165) is 10.0 Å². The fourth-order valence-corrected chi connectivity index (χ4v) is 1.94. The first kappa shape index (κ1) is 12.0. The number of carboxylic acid groups (broad SMARTS) is 1. The Balaban J connectivity index is 3.33. The van der Waals surface area contributed by atoms with Gasteiger partial charge in [0.05, 0.1) is 16.6 Å². The number of halogens is 1. The Bertz CT molecular complexity index is 374. The Labute approximate surface area is 97.2 Å². The molecule has 0 spiro atoms. The van der Waals surface area contributed by atoms with Crippen LogP contribution in [0.1, 0.15) is 29.8 Å². The van der Waals surface area contributed by atoms with E-state index in [4.69, 9.17) is 9.84 Å². The first-order valence-electron chi connectivity index (χ1n) is 4.79. The Kier molecular flexibility index (Phi) is 4.15. The van der Waals surface area contributed by atoms with Crippen molar-refractivity contribution >= 4 is 21.9 Å². The molecule has 0 amide bonds. The van der Waals surface area contributed by atoms with Crippen LogP contribution in [0.2, 0.25) is 0 Å². The predicted octanol–water partition coefficient (Wildman–Crippen LogP) is 3.11. The number of hydrogen-bond donors (Lipinski definition) is 1. The van der Waals surface area contributed by atoms with Crippen LogP contribution in [-0.4, -0.2) is 17.7 Å². The van der Waals surface area contributed by atoms with E-state index in [9.17, 15) is 4.79 Å². The van der Waals surface area contributed by atoms with Gasteiger partial charge < -0.3 is 9.84 Å². The first-order valence-corrected chi connectivity index (χ1v) is 5.58. The lowest BCUT2D eigenvalue weighted by atomic mass is 10.0. The summed E-state index contributed by atoms with van der Waals surface area (Å²) < 4.78 is 6.24. The van der Waals surface area contributed by atoms with Crippen molar-refractivity contribution in [1.29, 1.82) is 0 Å². The maximum atomic E-state index is 11.0. The van der Waals surface area contributed by atoms with Crippen molar-refractivity contribution in [2.75, 3.05) is 6.61 Å². The molecule has 0 aromatic heterocycles. The zero-order chi connectivity index (χ0) is 11.4. The van der Waals surface area contributed by atoms with E-state index < -0.39 is 5.97 Å². The number of hydrogen-bond acceptors (Lipinski definition) is 2. The van der Waals surface area contributed by atoms with Gasteiger partial charge in [-0.2, -0.15) is 0 Å². The third-order valence-corrected chi connectivity index (χ3v) is 2.71. The predicted molar refractivity (Wildman–Crippen MR) is 61.6 cm³/mol. The lowest BCUT2D eigenvalue weighted by molar-refractivity contribution is 0.0695. The quantitative estimate of drug-likeness (QED) is 0.916. The molecule has 0 bridgehead atoms. The number of aromatic carboxylic acids is 1. The number of carbonyl (C=O) groups is 1. The fourth-order valence-electron chi connectivity index (χ4n) is 1.45. The SMILES string of the molecule is CCOc1c(Br)ccc(C(=O)O)c1CC. The van der Waals surface area contributed by atoms with Gasteiger partial charge in [-0.15, -0.1) is 0 Å². The van der Waals surface area contributed by atoms with Gasteiger partial charge in [0, 0.05) is 5.56 Å². The van der Waals surface area contributed by atoms with E-state index in [1.807, 2.05) is 13.8 Å². The molecule has 1 aromatic carbocycles. The van der Waals surface area contributed by atoms with Gasteiger partial charge in [-0.05, 0) is 41.4 Å². The van der Waals surface area contributed by atoms with E-state index in [-0.39, 0.29) is 0 Å². The van der Waals surface area contributed by atoms with Crippen LogP contribution in [-0.2, 0) is 6.42 Å². The maximum absolute atomic E-state index is 11.0. The molecule has 0 fully saturated rings. The molecule has 0 aliphatic heterocycles. The summed E-state index contributed by atoms with van der Waals surface area (Å²) in [5, 5.41) is 9.01. The number of carboxylic acids is 1. The molecule has 0 saturated heterocycles. The second kappa shape index (κ2) is 5.16. The summed E-state index contributed by atoms with van der Waals surface area (Å²) in [6.07, 6.45) is 0.635. The summed E-state index contributed by atoms with van der Waals surface area (Å²) in [7, 11) is 0. The Hall–Kier alpha value is -1.03. The first-order chi connectivity index (χ1) is 7.11. The van der Waals surface area contributed by atoms with Crippen LogP contribution in [0.5, 0.6) is 5.75 Å². The van der Waals surface area contributed by atoms with E-state index in [0.29, 0.717) is 24.3 Å². The van der Waals surface area contributed by atoms with Gasteiger partial charge in [0.2, 0.25) is 0 Å². The molecule has 0 atom stereocenters. The van der Waals surface area contributed by atoms with Gasteiger partial charge in [-0.1, -0.05) is 6.92 Å². The lowest BCUT2D eigenvalue weighted by Gasteiger charge is -2.13. The minimum Gasteiger partial charge on any atom is -0.492 e. The van der Waals surface area contributed by atoms with Crippen LogP contribution >= 0.6 is 15.9 Å². The molecule has 4 heteroatoms. The highest BCUT2D eigenvalue weighted by Gasteiger charge is 2.16. The topological polar surface area (TPSA) is 46.5 Å². The van der Waals surface area contributed by atoms with E-state index in [1.165, 1.54) is 0 Å². The highest BCUT2D eigenvalue weighted by molar-refractivity contribution is 9.10. The average Bonchev–Trinajstić information content (AvgIpc) is 2.20. The van der Waals surface area contributed by atoms with E-state index in [2.05, 4.69) is 15.9 Å². The summed E-state index contributed by atoms with van der Waals surface area (Å²) in [4.78, 5) is 11.0. The van der Waals surface area contributed by atoms with Crippen molar-refractivity contribution < 1.29 is 14.6 Å². The number of rotatable bonds is 4. The van der Waals surface area contributed by atoms with Crippen molar-refractivity contribution in [3.63, 3.8) is 0 Å². The molecule has 0 radical (unpaired) electrons. The van der Waals surface area contributed by atoms with Gasteiger partial charge >= 0.3 is 5.97 Å². The highest BCUT2D eigenvalue weighted by Crippen LogP contribution is 2.32. The van der Waals surface area contributed by atoms with Crippen molar-refractivity contribution in [2.45, 2.75) is 20.3 Å². The van der Waals surface area contributed by atoms with E-state index >= 15 is 0 Å². The molecule has 0 saturated carbocycles. The molecule has 0 aliphatic carbocycles. The molecule has 3 nitrogen and oxygen atoms in total. The molecule has 15 heavy (non-hydrogen) atoms. The monoisotopic (exact) mass is 272 g/mol. The number of ether oxygens (including phenoxy) is 1. The molecule has 0 unspecified atom stereocenters. The van der Waals surface area contributed by atoms with Gasteiger partial charge in [0.1, 0.15) is 5.75 Å². The molecular formula is C11H13BrO3. The van der Waals surface area contributed by atoms with E-state index in [1.54, 1.807) is 12.1 Å². The zero-order valence-corrected chi connectivity index (χ0v) is 10.3. The van der Waals surface area contributed by atoms with Gasteiger partial charge in [-0.3, -0.25) is 0 Å². The Morgan fingerprint density at radius 3 is 2.60 bits per heavy atom. The Morgan fingerprint density at radius 1 is 1.47 bits per heavy atom. The Morgan fingerprint density at radius 2 is 2.13 bits per heavy atom. The number of benzene rings is 1. The normalized spacial score (nSPS) is 10.1. The zero-order valence-electron chi connectivity index (χ0n) is 8.71. The molecule has 0 heterocycles. The summed E-state index contributed by atoms with van der Waals surface area (Å²) in [5.41, 5.74) is 1.04. The van der Waals surface area contributed by atoms with Gasteiger partial charge in [-0.25, -0.2) is 4.79 Å². The smallest absolute Gasteiger partial charge is 0.336 e. The van der Waals surface area contributed by atoms with Crippen molar-refractivity contribution in [1.82, 2.24) is 0 Å². The minimum atomic E-state index is -0.916. The van der Waals surface area contributed by atoms with Crippen molar-refractivity contribution in [2.24, 2.45) is 0 Å². The van der Waals surface area contributed by atoms with Crippen molar-refractivity contribution in [3.8, 4) is 5.75 Å². The van der Waals surface area contributed by atoms with Crippen LogP contribution in [0.15, 0.2) is 16.6 Å². The lowest BCUT2D eigenvalue weighted by Crippen LogP contribution is -2.05. The van der Waals surface area contributed by atoms with Crippen molar-refractivity contribution in [3.05, 3.63) is 27.7 Å². The molecule has 1 aromatic rings. The highest BCUT2D eigenvalue weighted by atomic mass is 79.9. The molecule has 0 aliphatic rings. The maximum Gasteiger partial charge on any atom is 0.336 e. The molecule has 1 N–H and O–H groups in total. The molecule has 82 valence electrons. The van der Waals surface area contributed by atoms with Crippen LogP contribution < -0.4 is 4.74 Å². The summed E-state index contributed by atoms with van der Waals surface area (Å²) in [5.74, 6) is -0.278. The van der Waals surface area contributed by atoms with Crippen LogP contribution in [0.3, 0.4) is 0 Å². The summed E-state index contributed by atoms with van der Waals surface area (Å²) in [6, 6.07) is 3.29. The van der Waals surface area contributed by atoms with Gasteiger partial charge in [0.15, 0.2) is 0 Å². The van der Waals surface area contributed by atoms with Crippen LogP contribution in [0.4, 0.5) is 0 Å². The third-order valence-electron chi connectivity index (χ3n) is 2.09. The molecular weight excluding hydrogens is 260 g/mol. The second-order valence-corrected chi connectivity index (χ2v) is 3.85. The fraction of sp³-hybridized carbons (Fsp3) is 0.364. The third kappa shape index (κ3) is 2.50. The standard InChI is InChI=1S/C11H13BrO3/c1-3-7-8(11(13)14)5-6-9(12)10(7)15-4-2/h5-6H,3-4H2,1-2H3,(H,13,14). The summed E-state index contributed by atoms with van der Waals surface area (Å²) in [6.45, 7) is 4.31. The van der Waals surface area contributed by atoms with Crippen LogP contribution in [0.25, 0.3) is 0 Å². The van der Waals surface area contributed by atoms with Gasteiger partial charge in [0.25, 0.3) is 0 Å².